The van der Waals surface area contributed by atoms with Crippen molar-refractivity contribution < 1.29 is 24.2 Å². The van der Waals surface area contributed by atoms with Gasteiger partial charge < -0.3 is 25.4 Å². The summed E-state index contributed by atoms with van der Waals surface area (Å²) in [6.45, 7) is 2.60. The molecule has 6 atom stereocenters. The Hall–Kier alpha value is -2.49. The van der Waals surface area contributed by atoms with Crippen molar-refractivity contribution in [3.8, 4) is 0 Å². The fraction of sp³-hybridized carbons (Fsp3) is 0.500. The Labute approximate surface area is 212 Å². The molecule has 3 saturated heterocycles. The van der Waals surface area contributed by atoms with Gasteiger partial charge >= 0.3 is 0 Å². The Bertz CT molecular complexity index is 1160. The first-order valence-corrected chi connectivity index (χ1v) is 13.1. The average molecular weight is 544 g/mol. The number of anilines is 1. The van der Waals surface area contributed by atoms with Crippen molar-refractivity contribution in [1.29, 1.82) is 0 Å². The van der Waals surface area contributed by atoms with Crippen LogP contribution in [-0.2, 0) is 19.1 Å². The predicted molar refractivity (Wildman–Crippen MR) is 135 cm³/mol. The number of aliphatic hydroxyl groups excluding tert-OH is 1. The van der Waals surface area contributed by atoms with Gasteiger partial charge in [0.1, 0.15) is 11.6 Å². The molecule has 9 heteroatoms. The number of amides is 3. The van der Waals surface area contributed by atoms with Crippen LogP contribution in [0.1, 0.15) is 26.2 Å². The molecule has 1 spiro atoms. The summed E-state index contributed by atoms with van der Waals surface area (Å²) in [4.78, 5) is 42.0. The van der Waals surface area contributed by atoms with Gasteiger partial charge in [0.25, 0.3) is 0 Å². The van der Waals surface area contributed by atoms with E-state index in [0.717, 1.165) is 17.2 Å². The maximum absolute atomic E-state index is 13.8. The maximum Gasteiger partial charge on any atom is 0.250 e. The number of hydrogen-bond acceptors (Lipinski definition) is 5. The second-order valence-corrected chi connectivity index (χ2v) is 10.8. The molecule has 3 N–H and O–H groups in total. The first kappa shape index (κ1) is 24.2. The number of alkyl halides is 1. The van der Waals surface area contributed by atoms with E-state index in [1.807, 2.05) is 49.4 Å². The molecule has 2 aromatic rings. The van der Waals surface area contributed by atoms with E-state index in [0.29, 0.717) is 25.1 Å². The number of aliphatic hydroxyl groups is 1. The lowest BCUT2D eigenvalue weighted by atomic mass is 9.70. The number of carbonyl (C=O) groups excluding carboxylic acids is 3. The Kier molecular flexibility index (Phi) is 6.59. The van der Waals surface area contributed by atoms with Gasteiger partial charge in [0.2, 0.25) is 17.7 Å². The molecule has 3 heterocycles. The van der Waals surface area contributed by atoms with Gasteiger partial charge in [0, 0.05) is 30.2 Å². The summed E-state index contributed by atoms with van der Waals surface area (Å²) in [7, 11) is 0. The van der Waals surface area contributed by atoms with Crippen LogP contribution in [0.25, 0.3) is 10.8 Å². The molecule has 35 heavy (non-hydrogen) atoms. The van der Waals surface area contributed by atoms with Crippen LogP contribution in [0.5, 0.6) is 0 Å². The van der Waals surface area contributed by atoms with E-state index < -0.39 is 29.6 Å². The number of likely N-dealkylation sites (tertiary alicyclic amines) is 1. The van der Waals surface area contributed by atoms with Gasteiger partial charge in [-0.2, -0.15) is 0 Å². The standard InChI is InChI=1S/C26H30BrN3O5/c1-2-10-28-23(32)19-20-25(34)30(11-5-12-31)22(26(20)14-18(27)21(19)35-26)24(33)29-17-9-8-15-6-3-4-7-16(15)13-17/h3-4,6-9,13,18-22,31H,2,5,10-12,14H2,1H3,(H,28,32)(H,29,33)/t18?,19-,20+,21-,22?,26?/m1/s1. The van der Waals surface area contributed by atoms with Crippen LogP contribution in [0, 0.1) is 11.8 Å². The fourth-order valence-corrected chi connectivity index (χ4v) is 7.00. The molecule has 0 saturated carbocycles. The molecule has 3 aliphatic rings. The van der Waals surface area contributed by atoms with Crippen LogP contribution in [0.3, 0.4) is 0 Å². The SMILES string of the molecule is CCCNC(=O)[C@H]1[C@@H]2OC3(CC2Br)C(C(=O)Nc2ccc4ccccc4c2)N(CCCO)C(=O)[C@H]13. The number of rotatable bonds is 8. The van der Waals surface area contributed by atoms with E-state index in [1.165, 1.54) is 4.90 Å². The van der Waals surface area contributed by atoms with Crippen LogP contribution < -0.4 is 10.6 Å². The topological polar surface area (TPSA) is 108 Å². The van der Waals surface area contributed by atoms with Gasteiger partial charge in [-0.3, -0.25) is 14.4 Å². The molecule has 186 valence electrons. The quantitative estimate of drug-likeness (QED) is 0.443. The summed E-state index contributed by atoms with van der Waals surface area (Å²) >= 11 is 3.66. The zero-order valence-corrected chi connectivity index (χ0v) is 21.2. The molecule has 2 bridgehead atoms. The van der Waals surface area contributed by atoms with Gasteiger partial charge in [0.15, 0.2) is 0 Å². The van der Waals surface area contributed by atoms with E-state index in [-0.39, 0.29) is 35.7 Å². The minimum Gasteiger partial charge on any atom is -0.396 e. The summed E-state index contributed by atoms with van der Waals surface area (Å²) in [6.07, 6.45) is 1.10. The van der Waals surface area contributed by atoms with E-state index in [9.17, 15) is 19.5 Å². The zero-order valence-electron chi connectivity index (χ0n) is 19.6. The van der Waals surface area contributed by atoms with Crippen molar-refractivity contribution in [1.82, 2.24) is 10.2 Å². The van der Waals surface area contributed by atoms with Crippen LogP contribution in [-0.4, -0.2) is 70.0 Å². The first-order chi connectivity index (χ1) is 16.9. The van der Waals surface area contributed by atoms with E-state index >= 15 is 0 Å². The molecule has 2 aromatic carbocycles. The van der Waals surface area contributed by atoms with E-state index in [4.69, 9.17) is 4.74 Å². The minimum atomic E-state index is -1.10. The highest BCUT2D eigenvalue weighted by atomic mass is 79.9. The van der Waals surface area contributed by atoms with Gasteiger partial charge in [-0.25, -0.2) is 0 Å². The number of halogens is 1. The molecular weight excluding hydrogens is 514 g/mol. The number of nitrogens with zero attached hydrogens (tertiary/aromatic N) is 1. The summed E-state index contributed by atoms with van der Waals surface area (Å²) in [5, 5.41) is 17.4. The van der Waals surface area contributed by atoms with Crippen LogP contribution in [0.2, 0.25) is 0 Å². The Balaban J connectivity index is 1.48. The lowest BCUT2D eigenvalue weighted by Crippen LogP contribution is -2.54. The second-order valence-electron chi connectivity index (χ2n) is 9.61. The van der Waals surface area contributed by atoms with Crippen molar-refractivity contribution in [2.45, 2.75) is 48.8 Å². The van der Waals surface area contributed by atoms with Crippen LogP contribution in [0.15, 0.2) is 42.5 Å². The van der Waals surface area contributed by atoms with Crippen molar-refractivity contribution in [2.75, 3.05) is 25.0 Å². The molecule has 0 radical (unpaired) electrons. The smallest absolute Gasteiger partial charge is 0.250 e. The zero-order chi connectivity index (χ0) is 24.7. The molecule has 3 amide bonds. The number of carbonyl (C=O) groups is 3. The Morgan fingerprint density at radius 3 is 2.71 bits per heavy atom. The highest BCUT2D eigenvalue weighted by Gasteiger charge is 2.76. The molecule has 5 rings (SSSR count). The largest absolute Gasteiger partial charge is 0.396 e. The maximum atomic E-state index is 13.8. The Morgan fingerprint density at radius 2 is 1.97 bits per heavy atom. The third-order valence-electron chi connectivity index (χ3n) is 7.46. The van der Waals surface area contributed by atoms with Gasteiger partial charge in [0.05, 0.1) is 17.9 Å². The van der Waals surface area contributed by atoms with E-state index in [1.54, 1.807) is 0 Å². The van der Waals surface area contributed by atoms with Gasteiger partial charge in [-0.15, -0.1) is 0 Å². The monoisotopic (exact) mass is 543 g/mol. The highest BCUT2D eigenvalue weighted by Crippen LogP contribution is 2.60. The average Bonchev–Trinajstić information content (AvgIpc) is 3.44. The first-order valence-electron chi connectivity index (χ1n) is 12.2. The molecule has 0 aromatic heterocycles. The summed E-state index contributed by atoms with van der Waals surface area (Å²) < 4.78 is 6.44. The number of nitrogens with one attached hydrogen (secondary N) is 2. The summed E-state index contributed by atoms with van der Waals surface area (Å²) in [6, 6.07) is 12.7. The molecule has 3 unspecified atom stereocenters. The fourth-order valence-electron chi connectivity index (χ4n) is 6.05. The lowest BCUT2D eigenvalue weighted by Gasteiger charge is -2.34. The molecular formula is C26H30BrN3O5. The lowest BCUT2D eigenvalue weighted by molar-refractivity contribution is -0.140. The Morgan fingerprint density at radius 1 is 1.20 bits per heavy atom. The number of hydrogen-bond donors (Lipinski definition) is 3. The molecule has 8 nitrogen and oxygen atoms in total. The number of benzene rings is 2. The van der Waals surface area contributed by atoms with Crippen LogP contribution in [0.4, 0.5) is 5.69 Å². The van der Waals surface area contributed by atoms with Crippen molar-refractivity contribution in [3.63, 3.8) is 0 Å². The highest BCUT2D eigenvalue weighted by molar-refractivity contribution is 9.09. The van der Waals surface area contributed by atoms with Gasteiger partial charge in [-0.1, -0.05) is 53.2 Å². The van der Waals surface area contributed by atoms with Crippen molar-refractivity contribution >= 4 is 50.1 Å². The van der Waals surface area contributed by atoms with Crippen molar-refractivity contribution in [3.05, 3.63) is 42.5 Å². The second kappa shape index (κ2) is 9.52. The van der Waals surface area contributed by atoms with E-state index in [2.05, 4.69) is 26.6 Å². The summed E-state index contributed by atoms with van der Waals surface area (Å²) in [5.41, 5.74) is -0.469. The van der Waals surface area contributed by atoms with Gasteiger partial charge in [-0.05, 0) is 42.2 Å². The molecule has 3 aliphatic heterocycles. The molecule has 3 fully saturated rings. The third-order valence-corrected chi connectivity index (χ3v) is 8.31. The van der Waals surface area contributed by atoms with Crippen molar-refractivity contribution in [2.24, 2.45) is 11.8 Å². The minimum absolute atomic E-state index is 0.106. The predicted octanol–water partition coefficient (Wildman–Crippen LogP) is 2.43. The number of fused-ring (bicyclic) bond motifs is 2. The normalized spacial score (nSPS) is 31.1. The van der Waals surface area contributed by atoms with Crippen LogP contribution >= 0.6 is 15.9 Å². The third kappa shape index (κ3) is 3.93. The summed E-state index contributed by atoms with van der Waals surface area (Å²) in [5.74, 6) is -2.20. The molecule has 0 aliphatic carbocycles. The number of ether oxygens (including phenoxy) is 1.